The Morgan fingerprint density at radius 3 is 2.70 bits per heavy atom. The lowest BCUT2D eigenvalue weighted by atomic mass is 9.96. The van der Waals surface area contributed by atoms with E-state index in [4.69, 9.17) is 4.74 Å². The molecule has 0 aliphatic rings. The molecular formula is C17H28BrNO. The van der Waals surface area contributed by atoms with Gasteiger partial charge < -0.3 is 10.1 Å². The van der Waals surface area contributed by atoms with Gasteiger partial charge in [0.15, 0.2) is 0 Å². The van der Waals surface area contributed by atoms with E-state index in [1.54, 1.807) is 0 Å². The molecule has 0 saturated carbocycles. The van der Waals surface area contributed by atoms with Gasteiger partial charge in [-0.3, -0.25) is 0 Å². The van der Waals surface area contributed by atoms with E-state index < -0.39 is 0 Å². The van der Waals surface area contributed by atoms with Crippen LogP contribution in [0.4, 0.5) is 0 Å². The van der Waals surface area contributed by atoms with E-state index >= 15 is 0 Å². The number of rotatable bonds is 10. The first-order valence-corrected chi connectivity index (χ1v) is 8.46. The summed E-state index contributed by atoms with van der Waals surface area (Å²) in [5.74, 6) is 0.628. The van der Waals surface area contributed by atoms with E-state index in [9.17, 15) is 0 Å². The van der Waals surface area contributed by atoms with Crippen LogP contribution in [0.3, 0.4) is 0 Å². The van der Waals surface area contributed by atoms with Gasteiger partial charge in [-0.05, 0) is 49.4 Å². The average Bonchev–Trinajstić information content (AvgIpc) is 2.40. The number of ether oxygens (including phenoxy) is 1. The third-order valence-corrected chi connectivity index (χ3v) is 3.74. The first-order valence-electron chi connectivity index (χ1n) is 7.67. The highest BCUT2D eigenvalue weighted by atomic mass is 79.9. The quantitative estimate of drug-likeness (QED) is 0.636. The second kappa shape index (κ2) is 10.4. The molecule has 1 atom stereocenters. The summed E-state index contributed by atoms with van der Waals surface area (Å²) in [5, 5.41) is 3.55. The highest BCUT2D eigenvalue weighted by Crippen LogP contribution is 2.17. The summed E-state index contributed by atoms with van der Waals surface area (Å²) < 4.78 is 6.80. The van der Waals surface area contributed by atoms with Gasteiger partial charge in [-0.1, -0.05) is 48.8 Å². The Labute approximate surface area is 132 Å². The second-order valence-corrected chi connectivity index (χ2v) is 6.58. The Balaban J connectivity index is 2.47. The lowest BCUT2D eigenvalue weighted by molar-refractivity contribution is 0.120. The van der Waals surface area contributed by atoms with Crippen molar-refractivity contribution in [3.8, 4) is 0 Å². The van der Waals surface area contributed by atoms with Crippen LogP contribution in [-0.2, 0) is 11.2 Å². The van der Waals surface area contributed by atoms with Crippen LogP contribution in [0.5, 0.6) is 0 Å². The molecule has 0 aromatic heterocycles. The normalized spacial score (nSPS) is 12.8. The first-order chi connectivity index (χ1) is 9.61. The van der Waals surface area contributed by atoms with Crippen molar-refractivity contribution in [1.82, 2.24) is 5.32 Å². The average molecular weight is 342 g/mol. The molecule has 0 fully saturated rings. The predicted molar refractivity (Wildman–Crippen MR) is 90.2 cm³/mol. The molecular weight excluding hydrogens is 314 g/mol. The molecule has 0 amide bonds. The molecule has 1 unspecified atom stereocenters. The predicted octanol–water partition coefficient (Wildman–Crippen LogP) is 4.42. The summed E-state index contributed by atoms with van der Waals surface area (Å²) in [5.41, 5.74) is 1.39. The Morgan fingerprint density at radius 1 is 1.25 bits per heavy atom. The fourth-order valence-corrected chi connectivity index (χ4v) is 2.62. The maximum absolute atomic E-state index is 5.64. The fraction of sp³-hybridized carbons (Fsp3) is 0.647. The molecule has 0 heterocycles. The molecule has 3 heteroatoms. The van der Waals surface area contributed by atoms with Crippen LogP contribution in [-0.4, -0.2) is 25.8 Å². The van der Waals surface area contributed by atoms with E-state index in [-0.39, 0.29) is 0 Å². The summed E-state index contributed by atoms with van der Waals surface area (Å²) >= 11 is 3.55. The molecule has 1 rings (SSSR count). The molecule has 0 spiro atoms. The lowest BCUT2D eigenvalue weighted by Gasteiger charge is -2.19. The Morgan fingerprint density at radius 2 is 2.05 bits per heavy atom. The highest BCUT2D eigenvalue weighted by molar-refractivity contribution is 9.10. The second-order valence-electron chi connectivity index (χ2n) is 5.66. The number of hydrogen-bond acceptors (Lipinski definition) is 2. The standard InChI is InChI=1S/C17H28BrNO/c1-4-9-20-10-8-16(13-19-14(2)3)11-15-6-5-7-17(18)12-15/h5-7,12,14,16,19H,4,8-11,13H2,1-3H3. The van der Waals surface area contributed by atoms with Crippen molar-refractivity contribution in [2.45, 2.75) is 46.1 Å². The van der Waals surface area contributed by atoms with Crippen LogP contribution in [0.2, 0.25) is 0 Å². The van der Waals surface area contributed by atoms with E-state index in [2.05, 4.69) is 66.3 Å². The Bertz CT molecular complexity index is 368. The van der Waals surface area contributed by atoms with Gasteiger partial charge in [-0.15, -0.1) is 0 Å². The molecule has 114 valence electrons. The molecule has 0 aliphatic heterocycles. The summed E-state index contributed by atoms with van der Waals surface area (Å²) in [4.78, 5) is 0. The van der Waals surface area contributed by atoms with Gasteiger partial charge in [0, 0.05) is 23.7 Å². The molecule has 1 aromatic rings. The third-order valence-electron chi connectivity index (χ3n) is 3.25. The zero-order valence-corrected chi connectivity index (χ0v) is 14.6. The summed E-state index contributed by atoms with van der Waals surface area (Å²) in [6.07, 6.45) is 3.32. The molecule has 0 saturated heterocycles. The fourth-order valence-electron chi connectivity index (χ4n) is 2.17. The van der Waals surface area contributed by atoms with Crippen LogP contribution >= 0.6 is 15.9 Å². The number of nitrogens with one attached hydrogen (secondary N) is 1. The van der Waals surface area contributed by atoms with Gasteiger partial charge in [0.1, 0.15) is 0 Å². The largest absolute Gasteiger partial charge is 0.381 e. The van der Waals surface area contributed by atoms with Gasteiger partial charge in [-0.2, -0.15) is 0 Å². The minimum atomic E-state index is 0.538. The molecule has 2 nitrogen and oxygen atoms in total. The van der Waals surface area contributed by atoms with Crippen molar-refractivity contribution < 1.29 is 4.74 Å². The SMILES string of the molecule is CCCOCCC(CNC(C)C)Cc1cccc(Br)c1. The van der Waals surface area contributed by atoms with Crippen molar-refractivity contribution in [1.29, 1.82) is 0 Å². The minimum absolute atomic E-state index is 0.538. The zero-order chi connectivity index (χ0) is 14.8. The number of halogens is 1. The smallest absolute Gasteiger partial charge is 0.0469 e. The Hall–Kier alpha value is -0.380. The molecule has 0 bridgehead atoms. The zero-order valence-electron chi connectivity index (χ0n) is 13.0. The summed E-state index contributed by atoms with van der Waals surface area (Å²) in [6, 6.07) is 9.15. The van der Waals surface area contributed by atoms with Gasteiger partial charge in [-0.25, -0.2) is 0 Å². The van der Waals surface area contributed by atoms with Crippen LogP contribution < -0.4 is 5.32 Å². The maximum atomic E-state index is 5.64. The molecule has 0 aliphatic carbocycles. The molecule has 20 heavy (non-hydrogen) atoms. The van der Waals surface area contributed by atoms with E-state index in [1.807, 2.05) is 0 Å². The Kier molecular flexibility index (Phi) is 9.16. The van der Waals surface area contributed by atoms with Crippen molar-refractivity contribution in [3.63, 3.8) is 0 Å². The molecule has 1 aromatic carbocycles. The van der Waals surface area contributed by atoms with Crippen LogP contribution in [0.25, 0.3) is 0 Å². The van der Waals surface area contributed by atoms with E-state index in [0.717, 1.165) is 43.5 Å². The van der Waals surface area contributed by atoms with Crippen LogP contribution in [0.15, 0.2) is 28.7 Å². The minimum Gasteiger partial charge on any atom is -0.381 e. The lowest BCUT2D eigenvalue weighted by Crippen LogP contribution is -2.30. The number of benzene rings is 1. The molecule has 0 radical (unpaired) electrons. The third kappa shape index (κ3) is 8.03. The van der Waals surface area contributed by atoms with Crippen molar-refractivity contribution in [3.05, 3.63) is 34.3 Å². The van der Waals surface area contributed by atoms with Crippen molar-refractivity contribution in [2.75, 3.05) is 19.8 Å². The van der Waals surface area contributed by atoms with Gasteiger partial charge in [0.25, 0.3) is 0 Å². The van der Waals surface area contributed by atoms with E-state index in [0.29, 0.717) is 12.0 Å². The maximum Gasteiger partial charge on any atom is 0.0469 e. The number of hydrogen-bond donors (Lipinski definition) is 1. The summed E-state index contributed by atoms with van der Waals surface area (Å²) in [6.45, 7) is 9.35. The van der Waals surface area contributed by atoms with E-state index in [1.165, 1.54) is 5.56 Å². The van der Waals surface area contributed by atoms with Crippen LogP contribution in [0.1, 0.15) is 39.2 Å². The summed E-state index contributed by atoms with van der Waals surface area (Å²) in [7, 11) is 0. The van der Waals surface area contributed by atoms with Crippen LogP contribution in [0, 0.1) is 5.92 Å². The molecule has 1 N–H and O–H groups in total. The van der Waals surface area contributed by atoms with Crippen molar-refractivity contribution in [2.24, 2.45) is 5.92 Å². The topological polar surface area (TPSA) is 21.3 Å². The van der Waals surface area contributed by atoms with Gasteiger partial charge in [0.2, 0.25) is 0 Å². The van der Waals surface area contributed by atoms with Crippen molar-refractivity contribution >= 4 is 15.9 Å². The van der Waals surface area contributed by atoms with Gasteiger partial charge in [0.05, 0.1) is 0 Å². The first kappa shape index (κ1) is 17.7. The van der Waals surface area contributed by atoms with Gasteiger partial charge >= 0.3 is 0 Å². The highest BCUT2D eigenvalue weighted by Gasteiger charge is 2.11. The monoisotopic (exact) mass is 341 g/mol.